The molecular weight excluding hydrogens is 500 g/mol. The molecular formula is C29H28N4O4S. The van der Waals surface area contributed by atoms with Gasteiger partial charge in [0.15, 0.2) is 16.7 Å². The van der Waals surface area contributed by atoms with Crippen LogP contribution < -0.4 is 14.8 Å². The lowest BCUT2D eigenvalue weighted by atomic mass is 9.98. The molecule has 3 aromatic rings. The van der Waals surface area contributed by atoms with Crippen molar-refractivity contribution in [1.82, 2.24) is 5.01 Å². The number of ether oxygens (including phenoxy) is 2. The summed E-state index contributed by atoms with van der Waals surface area (Å²) in [6.07, 6.45) is 0.639. The van der Waals surface area contributed by atoms with Gasteiger partial charge in [0.25, 0.3) is 5.91 Å². The monoisotopic (exact) mass is 528 g/mol. The first-order valence-electron chi connectivity index (χ1n) is 12.2. The van der Waals surface area contributed by atoms with Gasteiger partial charge in [-0.2, -0.15) is 10.1 Å². The average Bonchev–Trinajstić information content (AvgIpc) is 3.53. The minimum absolute atomic E-state index is 0.0226. The number of thioether (sulfide) groups is 1. The maximum Gasteiger partial charge on any atom is 0.262 e. The van der Waals surface area contributed by atoms with Crippen molar-refractivity contribution in [2.45, 2.75) is 31.1 Å². The molecule has 9 heteroatoms. The second-order valence-electron chi connectivity index (χ2n) is 9.05. The number of nitrogens with one attached hydrogen (secondary N) is 1. The van der Waals surface area contributed by atoms with Crippen LogP contribution in [0, 0.1) is 6.92 Å². The molecule has 38 heavy (non-hydrogen) atoms. The van der Waals surface area contributed by atoms with Crippen molar-refractivity contribution in [3.8, 4) is 11.5 Å². The Morgan fingerprint density at radius 3 is 2.47 bits per heavy atom. The van der Waals surface area contributed by atoms with Crippen LogP contribution in [0.4, 0.5) is 5.69 Å². The molecule has 0 radical (unpaired) electrons. The Bertz CT molecular complexity index is 1410. The summed E-state index contributed by atoms with van der Waals surface area (Å²) in [6.45, 7) is 2.04. The third kappa shape index (κ3) is 5.43. The Morgan fingerprint density at radius 2 is 1.76 bits per heavy atom. The highest BCUT2D eigenvalue weighted by Crippen LogP contribution is 2.41. The highest BCUT2D eigenvalue weighted by atomic mass is 32.2. The van der Waals surface area contributed by atoms with Gasteiger partial charge in [0.05, 0.1) is 26.0 Å². The average molecular weight is 529 g/mol. The molecule has 2 amide bonds. The van der Waals surface area contributed by atoms with Crippen LogP contribution in [0.2, 0.25) is 0 Å². The maximum atomic E-state index is 12.8. The minimum Gasteiger partial charge on any atom is -0.493 e. The van der Waals surface area contributed by atoms with Crippen LogP contribution in [-0.4, -0.2) is 47.2 Å². The van der Waals surface area contributed by atoms with E-state index in [4.69, 9.17) is 14.6 Å². The molecule has 0 aliphatic carbocycles. The molecule has 0 saturated heterocycles. The van der Waals surface area contributed by atoms with Gasteiger partial charge in [0.2, 0.25) is 5.91 Å². The lowest BCUT2D eigenvalue weighted by Gasteiger charge is -2.24. The highest BCUT2D eigenvalue weighted by molar-refractivity contribution is 8.15. The fourth-order valence-electron chi connectivity index (χ4n) is 4.43. The lowest BCUT2D eigenvalue weighted by Crippen LogP contribution is -2.25. The molecule has 0 aromatic heterocycles. The van der Waals surface area contributed by atoms with Crippen LogP contribution in [-0.2, 0) is 9.59 Å². The number of hydrogen-bond donors (Lipinski definition) is 1. The number of carbonyl (C=O) groups excluding carboxylic acids is 2. The molecule has 0 unspecified atom stereocenters. The largest absolute Gasteiger partial charge is 0.493 e. The smallest absolute Gasteiger partial charge is 0.262 e. The number of hydrazone groups is 1. The zero-order valence-corrected chi connectivity index (χ0v) is 22.2. The lowest BCUT2D eigenvalue weighted by molar-refractivity contribution is -0.121. The van der Waals surface area contributed by atoms with E-state index in [0.717, 1.165) is 16.8 Å². The number of hydrogen-bond acceptors (Lipinski definition) is 7. The Labute approximate surface area is 225 Å². The Balaban J connectivity index is 1.40. The van der Waals surface area contributed by atoms with Crippen LogP contribution >= 0.6 is 11.8 Å². The molecule has 0 fully saturated rings. The van der Waals surface area contributed by atoms with Gasteiger partial charge < -0.3 is 14.8 Å². The van der Waals surface area contributed by atoms with Crippen LogP contribution in [0.3, 0.4) is 0 Å². The summed E-state index contributed by atoms with van der Waals surface area (Å²) in [5.74, 6) is 0.674. The quantitative estimate of drug-likeness (QED) is 0.454. The minimum atomic E-state index is -0.613. The number of nitrogens with zero attached hydrogens (tertiary/aromatic N) is 3. The highest BCUT2D eigenvalue weighted by Gasteiger charge is 2.39. The van der Waals surface area contributed by atoms with Gasteiger partial charge in [-0.15, -0.1) is 0 Å². The molecule has 3 aromatic carbocycles. The number of amidine groups is 1. The third-order valence-corrected chi connectivity index (χ3v) is 7.58. The summed E-state index contributed by atoms with van der Waals surface area (Å²) in [5.41, 5.74) is 4.71. The number of aliphatic imine (C=N–C) groups is 1. The SMILES string of the molecule is COc1ccc([C@H]2CC(c3ccc(C)cc3)=NN2C2=NC(=O)[C@H](CC(=O)Nc3ccccc3)S2)cc1OC. The third-order valence-electron chi connectivity index (χ3n) is 6.44. The Kier molecular flexibility index (Phi) is 7.46. The van der Waals surface area contributed by atoms with E-state index >= 15 is 0 Å². The number of aryl methyl sites for hydroxylation is 1. The Morgan fingerprint density at radius 1 is 1.03 bits per heavy atom. The van der Waals surface area contributed by atoms with E-state index in [-0.39, 0.29) is 24.3 Å². The number of rotatable bonds is 7. The molecule has 194 valence electrons. The molecule has 2 atom stereocenters. The van der Waals surface area contributed by atoms with E-state index in [1.165, 1.54) is 17.3 Å². The van der Waals surface area contributed by atoms with Crippen LogP contribution in [0.25, 0.3) is 0 Å². The fraction of sp³-hybridized carbons (Fsp3) is 0.241. The topological polar surface area (TPSA) is 92.6 Å². The van der Waals surface area contributed by atoms with Crippen LogP contribution in [0.5, 0.6) is 11.5 Å². The van der Waals surface area contributed by atoms with E-state index in [9.17, 15) is 9.59 Å². The molecule has 2 aliphatic rings. The summed E-state index contributed by atoms with van der Waals surface area (Å²) in [5, 5.41) is 9.43. The summed E-state index contributed by atoms with van der Waals surface area (Å²) < 4.78 is 10.9. The number of amides is 2. The zero-order chi connectivity index (χ0) is 26.6. The van der Waals surface area contributed by atoms with E-state index in [1.54, 1.807) is 19.2 Å². The summed E-state index contributed by atoms with van der Waals surface area (Å²) in [7, 11) is 3.20. The first-order valence-corrected chi connectivity index (χ1v) is 13.1. The van der Waals surface area contributed by atoms with Crippen molar-refractivity contribution in [3.63, 3.8) is 0 Å². The summed E-state index contributed by atoms with van der Waals surface area (Å²) in [6, 6.07) is 22.9. The van der Waals surface area contributed by atoms with Gasteiger partial charge in [0.1, 0.15) is 5.25 Å². The van der Waals surface area contributed by atoms with Gasteiger partial charge in [-0.1, -0.05) is 65.9 Å². The number of para-hydroxylation sites is 1. The van der Waals surface area contributed by atoms with Gasteiger partial charge in [0, 0.05) is 18.5 Å². The van der Waals surface area contributed by atoms with Crippen molar-refractivity contribution in [2.75, 3.05) is 19.5 Å². The first kappa shape index (κ1) is 25.5. The molecule has 0 bridgehead atoms. The number of carbonyl (C=O) groups is 2. The normalized spacial score (nSPS) is 18.7. The fourth-order valence-corrected chi connectivity index (χ4v) is 5.49. The molecule has 2 heterocycles. The summed E-state index contributed by atoms with van der Waals surface area (Å²) in [4.78, 5) is 29.8. The molecule has 5 rings (SSSR count). The van der Waals surface area contributed by atoms with Crippen LogP contribution in [0.15, 0.2) is 82.9 Å². The predicted octanol–water partition coefficient (Wildman–Crippen LogP) is 5.19. The van der Waals surface area contributed by atoms with Gasteiger partial charge in [-0.3, -0.25) is 9.59 Å². The van der Waals surface area contributed by atoms with E-state index in [0.29, 0.717) is 28.8 Å². The van der Waals surface area contributed by atoms with E-state index in [1.807, 2.05) is 55.5 Å². The number of anilines is 1. The summed E-state index contributed by atoms with van der Waals surface area (Å²) >= 11 is 1.27. The standard InChI is InChI=1S/C29H28N4O4S/c1-18-9-11-19(12-10-18)22-16-23(20-13-14-24(36-2)25(15-20)37-3)33(32-22)29-31-28(35)26(38-29)17-27(34)30-21-7-5-4-6-8-21/h4-15,23,26H,16-17H2,1-3H3,(H,30,34)/t23-,26+/m1/s1. The van der Waals surface area contributed by atoms with Gasteiger partial charge >= 0.3 is 0 Å². The van der Waals surface area contributed by atoms with Gasteiger partial charge in [-0.05, 0) is 42.3 Å². The van der Waals surface area contributed by atoms with Gasteiger partial charge in [-0.25, -0.2) is 5.01 Å². The van der Waals surface area contributed by atoms with E-state index in [2.05, 4.69) is 34.6 Å². The number of methoxy groups -OCH3 is 2. The van der Waals surface area contributed by atoms with Crippen molar-refractivity contribution in [1.29, 1.82) is 0 Å². The second kappa shape index (κ2) is 11.1. The second-order valence-corrected chi connectivity index (χ2v) is 10.2. The number of benzene rings is 3. The molecule has 0 spiro atoms. The molecule has 8 nitrogen and oxygen atoms in total. The van der Waals surface area contributed by atoms with E-state index < -0.39 is 5.25 Å². The molecule has 0 saturated carbocycles. The van der Waals surface area contributed by atoms with Crippen molar-refractivity contribution in [3.05, 3.63) is 89.5 Å². The van der Waals surface area contributed by atoms with Crippen LogP contribution in [0.1, 0.15) is 35.6 Å². The first-order chi connectivity index (χ1) is 18.4. The molecule has 2 aliphatic heterocycles. The Hall–Kier alpha value is -4.11. The predicted molar refractivity (Wildman–Crippen MR) is 150 cm³/mol. The van der Waals surface area contributed by atoms with Crippen molar-refractivity contribution >= 4 is 40.1 Å². The maximum absolute atomic E-state index is 12.8. The zero-order valence-electron chi connectivity index (χ0n) is 21.4. The van der Waals surface area contributed by atoms with Crippen molar-refractivity contribution < 1.29 is 19.1 Å². The van der Waals surface area contributed by atoms with Crippen molar-refractivity contribution in [2.24, 2.45) is 10.1 Å². The molecule has 1 N–H and O–H groups in total.